The molecule has 68 valence electrons. The normalized spacial score (nSPS) is 24.4. The number of nitrogens with zero attached hydrogens (tertiary/aromatic N) is 2. The molecule has 2 aliphatic rings. The van der Waals surface area contributed by atoms with Gasteiger partial charge < -0.3 is 0 Å². The van der Waals surface area contributed by atoms with Crippen molar-refractivity contribution in [2.75, 3.05) is 0 Å². The van der Waals surface area contributed by atoms with Crippen LogP contribution in [-0.2, 0) is 4.79 Å². The summed E-state index contributed by atoms with van der Waals surface area (Å²) in [5, 5.41) is 8.85. The van der Waals surface area contributed by atoms with Gasteiger partial charge in [-0.25, -0.2) is 0 Å². The highest BCUT2D eigenvalue weighted by Crippen LogP contribution is 2.26. The Labute approximate surface area is 89.3 Å². The van der Waals surface area contributed by atoms with Crippen molar-refractivity contribution in [2.45, 2.75) is 0 Å². The standard InChI is InChI=1S/C10H5BrN2O/c11-7-3-6(5-12)10-8(4-7)9(14)1-2-13-10/h1-4,8H. The van der Waals surface area contributed by atoms with Crippen LogP contribution in [0, 0.1) is 17.2 Å². The predicted octanol–water partition coefficient (Wildman–Crippen LogP) is 1.88. The van der Waals surface area contributed by atoms with E-state index in [1.165, 1.54) is 12.3 Å². The first-order valence-corrected chi connectivity index (χ1v) is 4.79. The molecule has 0 fully saturated rings. The fourth-order valence-electron chi connectivity index (χ4n) is 1.42. The maximum absolute atomic E-state index is 11.5. The Hall–Kier alpha value is -1.47. The Bertz CT molecular complexity index is 463. The third kappa shape index (κ3) is 1.36. The summed E-state index contributed by atoms with van der Waals surface area (Å²) in [6, 6.07) is 2.03. The summed E-state index contributed by atoms with van der Waals surface area (Å²) in [5.74, 6) is -0.429. The van der Waals surface area contributed by atoms with Gasteiger partial charge in [-0.3, -0.25) is 9.79 Å². The summed E-state index contributed by atoms with van der Waals surface area (Å²) in [5.41, 5.74) is 0.991. The minimum absolute atomic E-state index is 0.0344. The highest BCUT2D eigenvalue weighted by Gasteiger charge is 2.28. The molecule has 0 bridgehead atoms. The number of carbonyl (C=O) groups excluding carboxylic acids is 1. The Morgan fingerprint density at radius 3 is 3.07 bits per heavy atom. The number of rotatable bonds is 0. The number of allylic oxidation sites excluding steroid dienone is 5. The summed E-state index contributed by atoms with van der Waals surface area (Å²) in [6.45, 7) is 0. The van der Waals surface area contributed by atoms with Crippen LogP contribution in [0.1, 0.15) is 0 Å². The summed E-state index contributed by atoms with van der Waals surface area (Å²) >= 11 is 3.26. The fraction of sp³-hybridized carbons (Fsp3) is 0.100. The molecule has 3 nitrogen and oxygen atoms in total. The first-order chi connectivity index (χ1) is 6.72. The lowest BCUT2D eigenvalue weighted by molar-refractivity contribution is -0.115. The van der Waals surface area contributed by atoms with Gasteiger partial charge in [0.25, 0.3) is 0 Å². The molecule has 1 atom stereocenters. The number of nitriles is 1. The van der Waals surface area contributed by atoms with E-state index in [-0.39, 0.29) is 5.78 Å². The minimum atomic E-state index is -0.394. The molecule has 0 aromatic heterocycles. The number of hydrogen-bond donors (Lipinski definition) is 0. The number of aliphatic imine (C=N–C) groups is 1. The molecule has 1 aliphatic carbocycles. The van der Waals surface area contributed by atoms with E-state index in [9.17, 15) is 4.79 Å². The molecule has 14 heavy (non-hydrogen) atoms. The van der Waals surface area contributed by atoms with Gasteiger partial charge in [0.15, 0.2) is 5.78 Å². The van der Waals surface area contributed by atoms with Crippen LogP contribution in [0.2, 0.25) is 0 Å². The quantitative estimate of drug-likeness (QED) is 0.658. The van der Waals surface area contributed by atoms with Crippen molar-refractivity contribution in [3.63, 3.8) is 0 Å². The van der Waals surface area contributed by atoms with Crippen molar-refractivity contribution in [1.29, 1.82) is 5.26 Å². The van der Waals surface area contributed by atoms with Gasteiger partial charge in [-0.05, 0) is 6.08 Å². The summed E-state index contributed by atoms with van der Waals surface area (Å²) in [4.78, 5) is 15.5. The third-order valence-electron chi connectivity index (χ3n) is 2.06. The Morgan fingerprint density at radius 1 is 1.57 bits per heavy atom. The first kappa shape index (κ1) is 9.10. The van der Waals surface area contributed by atoms with Gasteiger partial charge in [-0.1, -0.05) is 22.0 Å². The van der Waals surface area contributed by atoms with Crippen LogP contribution in [0.4, 0.5) is 0 Å². The Morgan fingerprint density at radius 2 is 2.36 bits per heavy atom. The molecule has 0 radical (unpaired) electrons. The Kier molecular flexibility index (Phi) is 2.18. The highest BCUT2D eigenvalue weighted by molar-refractivity contribution is 9.11. The van der Waals surface area contributed by atoms with E-state index in [1.807, 2.05) is 6.07 Å². The molecule has 4 heteroatoms. The fourth-order valence-corrected chi connectivity index (χ4v) is 1.91. The zero-order valence-electron chi connectivity index (χ0n) is 7.07. The van der Waals surface area contributed by atoms with Crippen molar-refractivity contribution in [2.24, 2.45) is 10.9 Å². The molecule has 1 unspecified atom stereocenters. The summed E-state index contributed by atoms with van der Waals surface area (Å²) in [6.07, 6.45) is 6.28. The first-order valence-electron chi connectivity index (χ1n) is 4.00. The van der Waals surface area contributed by atoms with Gasteiger partial charge in [0, 0.05) is 16.8 Å². The van der Waals surface area contributed by atoms with E-state index < -0.39 is 5.92 Å². The second-order valence-corrected chi connectivity index (χ2v) is 3.85. The summed E-state index contributed by atoms with van der Waals surface area (Å²) < 4.78 is 0.752. The molecule has 0 saturated heterocycles. The van der Waals surface area contributed by atoms with E-state index >= 15 is 0 Å². The predicted molar refractivity (Wildman–Crippen MR) is 55.8 cm³/mol. The maximum Gasteiger partial charge on any atom is 0.170 e. The minimum Gasteiger partial charge on any atom is -0.294 e. The van der Waals surface area contributed by atoms with E-state index in [2.05, 4.69) is 20.9 Å². The van der Waals surface area contributed by atoms with Crippen LogP contribution in [0.15, 0.2) is 39.5 Å². The van der Waals surface area contributed by atoms with Crippen LogP contribution in [-0.4, -0.2) is 11.5 Å². The van der Waals surface area contributed by atoms with E-state index in [0.29, 0.717) is 11.3 Å². The van der Waals surface area contributed by atoms with E-state index in [1.54, 1.807) is 12.2 Å². The number of halogens is 1. The van der Waals surface area contributed by atoms with Gasteiger partial charge in [-0.2, -0.15) is 5.26 Å². The van der Waals surface area contributed by atoms with E-state index in [0.717, 1.165) is 4.48 Å². The van der Waals surface area contributed by atoms with Crippen molar-refractivity contribution in [1.82, 2.24) is 0 Å². The second kappa shape index (κ2) is 3.35. The van der Waals surface area contributed by atoms with Crippen LogP contribution < -0.4 is 0 Å². The molecule has 1 aliphatic heterocycles. The lowest BCUT2D eigenvalue weighted by Gasteiger charge is -2.18. The monoisotopic (exact) mass is 248 g/mol. The van der Waals surface area contributed by atoms with Crippen molar-refractivity contribution < 1.29 is 4.79 Å². The third-order valence-corrected chi connectivity index (χ3v) is 2.55. The smallest absolute Gasteiger partial charge is 0.170 e. The number of carbonyl (C=O) groups is 1. The van der Waals surface area contributed by atoms with Crippen LogP contribution in [0.5, 0.6) is 0 Å². The molecule has 0 spiro atoms. The number of fused-ring (bicyclic) bond motifs is 1. The highest BCUT2D eigenvalue weighted by atomic mass is 79.9. The number of hydrogen-bond acceptors (Lipinski definition) is 3. The zero-order valence-corrected chi connectivity index (χ0v) is 8.65. The van der Waals surface area contributed by atoms with Crippen molar-refractivity contribution >= 4 is 27.4 Å². The SMILES string of the molecule is N#CC1=CC(Br)=CC2C(=O)C=CN=C12. The molecular weight excluding hydrogens is 244 g/mol. The lowest BCUT2D eigenvalue weighted by Crippen LogP contribution is -2.26. The van der Waals surface area contributed by atoms with Gasteiger partial charge in [0.1, 0.15) is 6.07 Å². The van der Waals surface area contributed by atoms with Crippen molar-refractivity contribution in [3.05, 3.63) is 34.5 Å². The van der Waals surface area contributed by atoms with Gasteiger partial charge in [0.05, 0.1) is 17.2 Å². The van der Waals surface area contributed by atoms with Gasteiger partial charge in [0.2, 0.25) is 0 Å². The number of ketones is 1. The molecule has 0 N–H and O–H groups in total. The lowest BCUT2D eigenvalue weighted by atomic mass is 9.87. The van der Waals surface area contributed by atoms with Crippen LogP contribution >= 0.6 is 15.9 Å². The van der Waals surface area contributed by atoms with Crippen LogP contribution in [0.25, 0.3) is 0 Å². The molecule has 1 heterocycles. The van der Waals surface area contributed by atoms with Crippen LogP contribution in [0.3, 0.4) is 0 Å². The molecule has 2 rings (SSSR count). The second-order valence-electron chi connectivity index (χ2n) is 2.93. The Balaban J connectivity index is 2.54. The molecule has 0 aromatic carbocycles. The largest absolute Gasteiger partial charge is 0.294 e. The van der Waals surface area contributed by atoms with Crippen molar-refractivity contribution in [3.8, 4) is 6.07 Å². The van der Waals surface area contributed by atoms with Gasteiger partial charge in [-0.15, -0.1) is 0 Å². The van der Waals surface area contributed by atoms with Gasteiger partial charge >= 0.3 is 0 Å². The summed E-state index contributed by atoms with van der Waals surface area (Å²) in [7, 11) is 0. The zero-order chi connectivity index (χ0) is 10.1. The molecule has 0 aromatic rings. The molecule has 0 saturated carbocycles. The average molecular weight is 249 g/mol. The molecule has 0 amide bonds. The topological polar surface area (TPSA) is 53.2 Å². The molecular formula is C10H5BrN2O. The average Bonchev–Trinajstić information content (AvgIpc) is 2.18. The van der Waals surface area contributed by atoms with E-state index in [4.69, 9.17) is 5.26 Å². The maximum atomic E-state index is 11.5.